The lowest BCUT2D eigenvalue weighted by Crippen LogP contribution is -2.43. The van der Waals surface area contributed by atoms with Crippen LogP contribution < -0.4 is 14.9 Å². The van der Waals surface area contributed by atoms with Crippen LogP contribution in [0.3, 0.4) is 0 Å². The SMILES string of the molecule is C[C@@H]1CCC[C@@H](C)C1=NNC(=O)[C@@H]1COc2ccccc2O1. The highest BCUT2D eigenvalue weighted by Gasteiger charge is 2.28. The van der Waals surface area contributed by atoms with E-state index >= 15 is 0 Å². The number of carbonyl (C=O) groups excluding carboxylic acids is 1. The number of benzene rings is 1. The molecular formula is C17H22N2O3. The van der Waals surface area contributed by atoms with E-state index in [1.807, 2.05) is 18.2 Å². The molecule has 1 aromatic rings. The van der Waals surface area contributed by atoms with Gasteiger partial charge in [-0.1, -0.05) is 32.4 Å². The zero-order chi connectivity index (χ0) is 15.5. The van der Waals surface area contributed by atoms with Crippen LogP contribution in [0.2, 0.25) is 0 Å². The molecule has 22 heavy (non-hydrogen) atoms. The Labute approximate surface area is 130 Å². The Morgan fingerprint density at radius 3 is 2.59 bits per heavy atom. The molecule has 1 heterocycles. The van der Waals surface area contributed by atoms with Crippen molar-refractivity contribution in [2.24, 2.45) is 16.9 Å². The molecule has 0 unspecified atom stereocenters. The van der Waals surface area contributed by atoms with Crippen molar-refractivity contribution in [3.63, 3.8) is 0 Å². The summed E-state index contributed by atoms with van der Waals surface area (Å²) in [6.07, 6.45) is 2.84. The maximum atomic E-state index is 12.2. The molecule has 5 heteroatoms. The Morgan fingerprint density at radius 1 is 1.18 bits per heavy atom. The summed E-state index contributed by atoms with van der Waals surface area (Å²) in [4.78, 5) is 12.2. The number of carbonyl (C=O) groups is 1. The highest BCUT2D eigenvalue weighted by Crippen LogP contribution is 2.31. The number of rotatable bonds is 2. The smallest absolute Gasteiger partial charge is 0.284 e. The number of para-hydroxylation sites is 2. The van der Waals surface area contributed by atoms with Gasteiger partial charge >= 0.3 is 0 Å². The lowest BCUT2D eigenvalue weighted by Gasteiger charge is -2.27. The second-order valence-corrected chi connectivity index (χ2v) is 6.11. The van der Waals surface area contributed by atoms with Crippen molar-refractivity contribution < 1.29 is 14.3 Å². The van der Waals surface area contributed by atoms with Gasteiger partial charge in [-0.3, -0.25) is 4.79 Å². The largest absolute Gasteiger partial charge is 0.485 e. The lowest BCUT2D eigenvalue weighted by molar-refractivity contribution is -0.130. The normalized spacial score (nSPS) is 27.2. The van der Waals surface area contributed by atoms with E-state index in [2.05, 4.69) is 24.4 Å². The molecule has 5 nitrogen and oxygen atoms in total. The fourth-order valence-electron chi connectivity index (χ4n) is 3.07. The first-order valence-electron chi connectivity index (χ1n) is 7.91. The van der Waals surface area contributed by atoms with Crippen LogP contribution in [0.25, 0.3) is 0 Å². The quantitative estimate of drug-likeness (QED) is 0.855. The van der Waals surface area contributed by atoms with Crippen molar-refractivity contribution in [3.8, 4) is 11.5 Å². The molecule has 1 aliphatic carbocycles. The zero-order valence-electron chi connectivity index (χ0n) is 13.0. The van der Waals surface area contributed by atoms with E-state index in [0.717, 1.165) is 18.6 Å². The topological polar surface area (TPSA) is 59.9 Å². The van der Waals surface area contributed by atoms with Gasteiger partial charge in [0.05, 0.1) is 0 Å². The first kappa shape index (κ1) is 14.9. The summed E-state index contributed by atoms with van der Waals surface area (Å²) in [7, 11) is 0. The van der Waals surface area contributed by atoms with Crippen LogP contribution in [-0.2, 0) is 4.79 Å². The molecule has 1 aliphatic heterocycles. The minimum atomic E-state index is -0.659. The maximum absolute atomic E-state index is 12.2. The Bertz CT molecular complexity index is 573. The summed E-state index contributed by atoms with van der Waals surface area (Å²) in [5.74, 6) is 1.86. The second-order valence-electron chi connectivity index (χ2n) is 6.11. The van der Waals surface area contributed by atoms with Crippen LogP contribution in [0.1, 0.15) is 33.1 Å². The van der Waals surface area contributed by atoms with Crippen LogP contribution in [0, 0.1) is 11.8 Å². The molecule has 118 valence electrons. The van der Waals surface area contributed by atoms with Gasteiger partial charge in [-0.2, -0.15) is 5.10 Å². The molecule has 2 aliphatic rings. The molecule has 0 saturated heterocycles. The Balaban J connectivity index is 1.63. The third kappa shape index (κ3) is 3.08. The minimum Gasteiger partial charge on any atom is -0.485 e. The zero-order valence-corrected chi connectivity index (χ0v) is 13.0. The van der Waals surface area contributed by atoms with Gasteiger partial charge in [-0.05, 0) is 36.8 Å². The maximum Gasteiger partial charge on any atom is 0.284 e. The molecule has 1 fully saturated rings. The van der Waals surface area contributed by atoms with E-state index < -0.39 is 6.10 Å². The Morgan fingerprint density at radius 2 is 1.86 bits per heavy atom. The van der Waals surface area contributed by atoms with Gasteiger partial charge in [0.15, 0.2) is 11.5 Å². The van der Waals surface area contributed by atoms with Crippen LogP contribution in [0.15, 0.2) is 29.4 Å². The molecule has 1 aromatic carbocycles. The molecular weight excluding hydrogens is 280 g/mol. The summed E-state index contributed by atoms with van der Waals surface area (Å²) in [6.45, 7) is 4.53. The molecule has 0 spiro atoms. The van der Waals surface area contributed by atoms with Crippen molar-refractivity contribution in [1.82, 2.24) is 5.43 Å². The van der Waals surface area contributed by atoms with E-state index in [-0.39, 0.29) is 12.5 Å². The average Bonchev–Trinajstić information content (AvgIpc) is 2.53. The van der Waals surface area contributed by atoms with Crippen molar-refractivity contribution in [2.75, 3.05) is 6.61 Å². The number of nitrogens with zero attached hydrogens (tertiary/aromatic N) is 1. The fraction of sp³-hybridized carbons (Fsp3) is 0.529. The number of hydrogen-bond donors (Lipinski definition) is 1. The highest BCUT2D eigenvalue weighted by molar-refractivity contribution is 5.91. The van der Waals surface area contributed by atoms with E-state index in [9.17, 15) is 4.79 Å². The van der Waals surface area contributed by atoms with Gasteiger partial charge in [0, 0.05) is 5.71 Å². The highest BCUT2D eigenvalue weighted by atomic mass is 16.6. The summed E-state index contributed by atoms with van der Waals surface area (Å²) in [5.41, 5.74) is 3.74. The van der Waals surface area contributed by atoms with Crippen molar-refractivity contribution in [3.05, 3.63) is 24.3 Å². The monoisotopic (exact) mass is 302 g/mol. The van der Waals surface area contributed by atoms with Crippen LogP contribution >= 0.6 is 0 Å². The number of nitrogens with one attached hydrogen (secondary N) is 1. The molecule has 1 amide bonds. The molecule has 1 N–H and O–H groups in total. The standard InChI is InChI=1S/C17H22N2O3/c1-11-6-5-7-12(2)16(11)18-19-17(20)15-10-21-13-8-3-4-9-14(13)22-15/h3-4,8-9,11-12,15H,5-7,10H2,1-2H3,(H,19,20)/t11-,12-,15+/m1/s1. The van der Waals surface area contributed by atoms with Gasteiger partial charge in [0.1, 0.15) is 6.61 Å². The first-order chi connectivity index (χ1) is 10.6. The number of fused-ring (bicyclic) bond motifs is 1. The molecule has 1 saturated carbocycles. The summed E-state index contributed by atoms with van der Waals surface area (Å²) in [5, 5.41) is 4.36. The van der Waals surface area contributed by atoms with Crippen LogP contribution in [-0.4, -0.2) is 24.3 Å². The van der Waals surface area contributed by atoms with E-state index in [1.165, 1.54) is 6.42 Å². The van der Waals surface area contributed by atoms with Gasteiger partial charge in [0.25, 0.3) is 5.91 Å². The predicted octanol–water partition coefficient (Wildman–Crippen LogP) is 2.75. The number of hydrazone groups is 1. The number of hydrogen-bond acceptors (Lipinski definition) is 4. The molecule has 3 rings (SSSR count). The lowest BCUT2D eigenvalue weighted by atomic mass is 9.81. The summed E-state index contributed by atoms with van der Waals surface area (Å²) >= 11 is 0. The minimum absolute atomic E-state index is 0.207. The van der Waals surface area contributed by atoms with Gasteiger partial charge in [0.2, 0.25) is 6.10 Å². The summed E-state index contributed by atoms with van der Waals surface area (Å²) < 4.78 is 11.2. The van der Waals surface area contributed by atoms with Crippen molar-refractivity contribution in [1.29, 1.82) is 0 Å². The molecule has 0 radical (unpaired) electrons. The molecule has 3 atom stereocenters. The fourth-order valence-corrected chi connectivity index (χ4v) is 3.07. The van der Waals surface area contributed by atoms with E-state index in [0.29, 0.717) is 23.3 Å². The van der Waals surface area contributed by atoms with E-state index in [1.54, 1.807) is 6.07 Å². The average molecular weight is 302 g/mol. The van der Waals surface area contributed by atoms with E-state index in [4.69, 9.17) is 9.47 Å². The third-order valence-corrected chi connectivity index (χ3v) is 4.38. The predicted molar refractivity (Wildman–Crippen MR) is 84.1 cm³/mol. The summed E-state index contributed by atoms with van der Waals surface area (Å²) in [6, 6.07) is 7.36. The van der Waals surface area contributed by atoms with Crippen molar-refractivity contribution >= 4 is 11.6 Å². The van der Waals surface area contributed by atoms with Gasteiger partial charge in [-0.15, -0.1) is 0 Å². The third-order valence-electron chi connectivity index (χ3n) is 4.38. The molecule has 0 aromatic heterocycles. The number of ether oxygens (including phenoxy) is 2. The van der Waals surface area contributed by atoms with Gasteiger partial charge < -0.3 is 9.47 Å². The number of amides is 1. The van der Waals surface area contributed by atoms with Crippen LogP contribution in [0.4, 0.5) is 0 Å². The van der Waals surface area contributed by atoms with Crippen molar-refractivity contribution in [2.45, 2.75) is 39.2 Å². The first-order valence-corrected chi connectivity index (χ1v) is 7.91. The Kier molecular flexibility index (Phi) is 4.32. The van der Waals surface area contributed by atoms with Crippen LogP contribution in [0.5, 0.6) is 11.5 Å². The Hall–Kier alpha value is -2.04. The van der Waals surface area contributed by atoms with Gasteiger partial charge in [-0.25, -0.2) is 5.43 Å². The second kappa shape index (κ2) is 6.38. The molecule has 0 bridgehead atoms.